The maximum atomic E-state index is 6.03. The van der Waals surface area contributed by atoms with Crippen molar-refractivity contribution < 1.29 is 4.42 Å². The van der Waals surface area contributed by atoms with Crippen LogP contribution in [0, 0.1) is 12.8 Å². The molecule has 0 aliphatic rings. The Morgan fingerprint density at radius 1 is 1.58 bits per heavy atom. The zero-order valence-corrected chi connectivity index (χ0v) is 8.00. The zero-order valence-electron chi connectivity index (χ0n) is 8.00. The Labute approximate surface area is 73.8 Å². The van der Waals surface area contributed by atoms with E-state index < -0.39 is 0 Å². The van der Waals surface area contributed by atoms with Crippen molar-refractivity contribution in [2.75, 3.05) is 0 Å². The van der Waals surface area contributed by atoms with Gasteiger partial charge in [-0.1, -0.05) is 20.3 Å². The fourth-order valence-electron chi connectivity index (χ4n) is 1.30. The van der Waals surface area contributed by atoms with E-state index in [2.05, 4.69) is 13.8 Å². The highest BCUT2D eigenvalue weighted by Crippen LogP contribution is 2.24. The van der Waals surface area contributed by atoms with E-state index in [-0.39, 0.29) is 6.04 Å². The number of hydrogen-bond acceptors (Lipinski definition) is 2. The average molecular weight is 167 g/mol. The van der Waals surface area contributed by atoms with Crippen LogP contribution < -0.4 is 5.73 Å². The van der Waals surface area contributed by atoms with E-state index in [0.29, 0.717) is 5.92 Å². The van der Waals surface area contributed by atoms with Crippen LogP contribution >= 0.6 is 0 Å². The van der Waals surface area contributed by atoms with Crippen molar-refractivity contribution in [1.82, 2.24) is 0 Å². The van der Waals surface area contributed by atoms with Crippen LogP contribution in [0.4, 0.5) is 0 Å². The lowest BCUT2D eigenvalue weighted by molar-refractivity contribution is 0.444. The zero-order chi connectivity index (χ0) is 9.14. The number of aryl methyl sites for hydroxylation is 1. The molecule has 1 rings (SSSR count). The largest absolute Gasteiger partial charge is 0.469 e. The first kappa shape index (κ1) is 9.33. The van der Waals surface area contributed by atoms with Crippen molar-refractivity contribution in [3.8, 4) is 0 Å². The van der Waals surface area contributed by atoms with Gasteiger partial charge in [0.25, 0.3) is 0 Å². The van der Waals surface area contributed by atoms with Gasteiger partial charge in [0.1, 0.15) is 5.76 Å². The molecule has 0 saturated heterocycles. The summed E-state index contributed by atoms with van der Waals surface area (Å²) in [6.07, 6.45) is 2.80. The van der Waals surface area contributed by atoms with Crippen molar-refractivity contribution in [2.24, 2.45) is 11.7 Å². The van der Waals surface area contributed by atoms with Crippen LogP contribution in [0.25, 0.3) is 0 Å². The van der Waals surface area contributed by atoms with Crippen LogP contribution in [0.3, 0.4) is 0 Å². The topological polar surface area (TPSA) is 39.2 Å². The lowest BCUT2D eigenvalue weighted by atomic mass is 9.94. The smallest absolute Gasteiger partial charge is 0.105 e. The summed E-state index contributed by atoms with van der Waals surface area (Å²) in [5.74, 6) is 1.46. The summed E-state index contributed by atoms with van der Waals surface area (Å²) in [7, 11) is 0. The molecule has 2 nitrogen and oxygen atoms in total. The summed E-state index contributed by atoms with van der Waals surface area (Å²) < 4.78 is 5.20. The number of rotatable bonds is 3. The molecule has 0 radical (unpaired) electrons. The normalized spacial score (nSPS) is 16.0. The van der Waals surface area contributed by atoms with Crippen LogP contribution in [0.1, 0.15) is 37.6 Å². The van der Waals surface area contributed by atoms with Gasteiger partial charge in [0.15, 0.2) is 0 Å². The molecule has 0 amide bonds. The molecular weight excluding hydrogens is 150 g/mol. The maximum absolute atomic E-state index is 6.03. The molecule has 0 aliphatic carbocycles. The minimum absolute atomic E-state index is 0.119. The monoisotopic (exact) mass is 167 g/mol. The molecule has 0 aliphatic heterocycles. The number of nitrogens with two attached hydrogens (primary N) is 1. The van der Waals surface area contributed by atoms with E-state index in [1.54, 1.807) is 6.26 Å². The van der Waals surface area contributed by atoms with Crippen molar-refractivity contribution in [3.63, 3.8) is 0 Å². The summed E-state index contributed by atoms with van der Waals surface area (Å²) in [6.45, 7) is 6.27. The van der Waals surface area contributed by atoms with E-state index in [9.17, 15) is 0 Å². The molecule has 2 heteroatoms. The molecule has 0 bridgehead atoms. The molecule has 1 heterocycles. The van der Waals surface area contributed by atoms with Crippen LogP contribution in [0.15, 0.2) is 16.7 Å². The average Bonchev–Trinajstić information content (AvgIpc) is 2.48. The van der Waals surface area contributed by atoms with E-state index >= 15 is 0 Å². The SMILES string of the molecule is CCC(C)C(N)c1ccoc1C. The Kier molecular flexibility index (Phi) is 2.93. The maximum Gasteiger partial charge on any atom is 0.105 e. The van der Waals surface area contributed by atoms with Crippen LogP contribution in [0.2, 0.25) is 0 Å². The summed E-state index contributed by atoms with van der Waals surface area (Å²) in [4.78, 5) is 0. The fraction of sp³-hybridized carbons (Fsp3) is 0.600. The Hall–Kier alpha value is -0.760. The molecule has 1 aromatic heterocycles. The minimum Gasteiger partial charge on any atom is -0.469 e. The van der Waals surface area contributed by atoms with Gasteiger partial charge >= 0.3 is 0 Å². The van der Waals surface area contributed by atoms with Crippen molar-refractivity contribution in [1.29, 1.82) is 0 Å². The molecular formula is C10H17NO. The van der Waals surface area contributed by atoms with E-state index in [4.69, 9.17) is 10.2 Å². The van der Waals surface area contributed by atoms with Gasteiger partial charge in [-0.05, 0) is 18.9 Å². The Morgan fingerprint density at radius 3 is 2.67 bits per heavy atom. The lowest BCUT2D eigenvalue weighted by Crippen LogP contribution is -2.18. The summed E-state index contributed by atoms with van der Waals surface area (Å²) in [5.41, 5.74) is 7.18. The molecule has 0 fully saturated rings. The molecule has 2 N–H and O–H groups in total. The van der Waals surface area contributed by atoms with Crippen LogP contribution in [0.5, 0.6) is 0 Å². The van der Waals surface area contributed by atoms with Crippen molar-refractivity contribution in [2.45, 2.75) is 33.2 Å². The van der Waals surface area contributed by atoms with Gasteiger partial charge in [-0.15, -0.1) is 0 Å². The summed E-state index contributed by atoms with van der Waals surface area (Å²) in [6, 6.07) is 2.08. The standard InChI is InChI=1S/C10H17NO/c1-4-7(2)10(11)9-5-6-12-8(9)3/h5-7,10H,4,11H2,1-3H3. The van der Waals surface area contributed by atoms with Crippen molar-refractivity contribution in [3.05, 3.63) is 23.7 Å². The molecule has 0 spiro atoms. The quantitative estimate of drug-likeness (QED) is 0.751. The Bertz CT molecular complexity index is 242. The van der Waals surface area contributed by atoms with Gasteiger partial charge in [0.05, 0.1) is 6.26 Å². The highest BCUT2D eigenvalue weighted by molar-refractivity contribution is 5.20. The third kappa shape index (κ3) is 1.69. The summed E-state index contributed by atoms with van der Waals surface area (Å²) >= 11 is 0. The second kappa shape index (κ2) is 3.76. The van der Waals surface area contributed by atoms with Crippen LogP contribution in [-0.2, 0) is 0 Å². The second-order valence-electron chi connectivity index (χ2n) is 3.34. The van der Waals surface area contributed by atoms with Gasteiger partial charge in [-0.3, -0.25) is 0 Å². The van der Waals surface area contributed by atoms with Gasteiger partial charge in [-0.25, -0.2) is 0 Å². The predicted octanol–water partition coefficient (Wildman–Crippen LogP) is 2.63. The Morgan fingerprint density at radius 2 is 2.25 bits per heavy atom. The number of furan rings is 1. The second-order valence-corrected chi connectivity index (χ2v) is 3.34. The minimum atomic E-state index is 0.119. The first-order valence-electron chi connectivity index (χ1n) is 4.46. The molecule has 0 aromatic carbocycles. The van der Waals surface area contributed by atoms with Gasteiger partial charge in [0.2, 0.25) is 0 Å². The molecule has 68 valence electrons. The lowest BCUT2D eigenvalue weighted by Gasteiger charge is -2.17. The van der Waals surface area contributed by atoms with Crippen LogP contribution in [-0.4, -0.2) is 0 Å². The third-order valence-electron chi connectivity index (χ3n) is 2.52. The third-order valence-corrected chi connectivity index (χ3v) is 2.52. The molecule has 0 saturated carbocycles. The van der Waals surface area contributed by atoms with E-state index in [1.165, 1.54) is 0 Å². The highest BCUT2D eigenvalue weighted by atomic mass is 16.3. The summed E-state index contributed by atoms with van der Waals surface area (Å²) in [5, 5.41) is 0. The number of hydrogen-bond donors (Lipinski definition) is 1. The predicted molar refractivity (Wildman–Crippen MR) is 49.8 cm³/mol. The first-order valence-corrected chi connectivity index (χ1v) is 4.46. The van der Waals surface area contributed by atoms with E-state index in [1.807, 2.05) is 13.0 Å². The molecule has 12 heavy (non-hydrogen) atoms. The molecule has 2 unspecified atom stereocenters. The van der Waals surface area contributed by atoms with Crippen molar-refractivity contribution >= 4 is 0 Å². The first-order chi connectivity index (χ1) is 5.66. The molecule has 1 aromatic rings. The Balaban J connectivity index is 2.77. The van der Waals surface area contributed by atoms with Gasteiger partial charge in [-0.2, -0.15) is 0 Å². The van der Waals surface area contributed by atoms with Gasteiger partial charge in [0, 0.05) is 11.6 Å². The van der Waals surface area contributed by atoms with E-state index in [0.717, 1.165) is 17.7 Å². The van der Waals surface area contributed by atoms with Gasteiger partial charge < -0.3 is 10.2 Å². The highest BCUT2D eigenvalue weighted by Gasteiger charge is 2.16. The molecule has 2 atom stereocenters. The fourth-order valence-corrected chi connectivity index (χ4v) is 1.30.